The van der Waals surface area contributed by atoms with Crippen LogP contribution in [0.3, 0.4) is 0 Å². The summed E-state index contributed by atoms with van der Waals surface area (Å²) in [5, 5.41) is 0. The van der Waals surface area contributed by atoms with Crippen LogP contribution in [-0.4, -0.2) is 44.3 Å². The van der Waals surface area contributed by atoms with Crippen molar-refractivity contribution in [1.29, 1.82) is 0 Å². The van der Waals surface area contributed by atoms with Crippen LogP contribution >= 0.6 is 0 Å². The van der Waals surface area contributed by atoms with Crippen molar-refractivity contribution in [2.24, 2.45) is 0 Å². The van der Waals surface area contributed by atoms with Crippen molar-refractivity contribution in [3.05, 3.63) is 53.6 Å². The van der Waals surface area contributed by atoms with Gasteiger partial charge in [-0.15, -0.1) is 0 Å². The Kier molecular flexibility index (Phi) is 4.67. The minimum atomic E-state index is -3.55. The number of benzene rings is 2. The Hall–Kier alpha value is -2.38. The van der Waals surface area contributed by atoms with Crippen LogP contribution in [0, 0.1) is 6.92 Å². The first-order valence-corrected chi connectivity index (χ1v) is 10.7. The number of methoxy groups -OCH3 is 1. The SMILES string of the molecule is COc1ccc2c(c1)OC1(CCN(S(=O)(=O)c3ccc(C)cc3)CC1)CC2=O. The van der Waals surface area contributed by atoms with Gasteiger partial charge in [-0.25, -0.2) is 8.42 Å². The quantitative estimate of drug-likeness (QED) is 0.790. The molecule has 2 aromatic carbocycles. The highest BCUT2D eigenvalue weighted by molar-refractivity contribution is 7.89. The second-order valence-corrected chi connectivity index (χ2v) is 9.40. The first-order chi connectivity index (χ1) is 13.3. The average molecular weight is 401 g/mol. The maximum absolute atomic E-state index is 12.9. The molecule has 0 atom stereocenters. The van der Waals surface area contributed by atoms with E-state index in [0.717, 1.165) is 5.56 Å². The predicted molar refractivity (Wildman–Crippen MR) is 104 cm³/mol. The summed E-state index contributed by atoms with van der Waals surface area (Å²) in [6.07, 6.45) is 1.21. The number of ketones is 1. The molecule has 0 aliphatic carbocycles. The molecule has 2 aliphatic rings. The molecule has 0 radical (unpaired) electrons. The molecule has 28 heavy (non-hydrogen) atoms. The Morgan fingerprint density at radius 2 is 1.75 bits per heavy atom. The van der Waals surface area contributed by atoms with Crippen LogP contribution in [0.5, 0.6) is 11.5 Å². The van der Waals surface area contributed by atoms with Gasteiger partial charge in [-0.3, -0.25) is 4.79 Å². The molecule has 2 aromatic rings. The van der Waals surface area contributed by atoms with Gasteiger partial charge in [0.15, 0.2) is 5.78 Å². The smallest absolute Gasteiger partial charge is 0.243 e. The number of rotatable bonds is 3. The summed E-state index contributed by atoms with van der Waals surface area (Å²) in [5.74, 6) is 1.17. The number of carbonyl (C=O) groups is 1. The number of piperidine rings is 1. The van der Waals surface area contributed by atoms with Crippen molar-refractivity contribution in [3.63, 3.8) is 0 Å². The van der Waals surface area contributed by atoms with Gasteiger partial charge >= 0.3 is 0 Å². The van der Waals surface area contributed by atoms with Gasteiger partial charge in [0.05, 0.1) is 24.0 Å². The molecule has 0 bridgehead atoms. The average Bonchev–Trinajstić information content (AvgIpc) is 2.68. The van der Waals surface area contributed by atoms with E-state index in [1.807, 2.05) is 6.92 Å². The zero-order valence-electron chi connectivity index (χ0n) is 16.0. The molecule has 0 N–H and O–H groups in total. The Labute approximate surface area is 165 Å². The van der Waals surface area contributed by atoms with Crippen LogP contribution in [0.2, 0.25) is 0 Å². The van der Waals surface area contributed by atoms with Crippen molar-refractivity contribution in [1.82, 2.24) is 4.31 Å². The number of fused-ring (bicyclic) bond motifs is 1. The third-order valence-corrected chi connectivity index (χ3v) is 7.50. The van der Waals surface area contributed by atoms with E-state index in [1.54, 1.807) is 49.6 Å². The van der Waals surface area contributed by atoms with Crippen LogP contribution in [0.4, 0.5) is 0 Å². The third-order valence-electron chi connectivity index (χ3n) is 5.59. The van der Waals surface area contributed by atoms with Crippen LogP contribution < -0.4 is 9.47 Å². The van der Waals surface area contributed by atoms with Crippen molar-refractivity contribution < 1.29 is 22.7 Å². The summed E-state index contributed by atoms with van der Waals surface area (Å²) >= 11 is 0. The van der Waals surface area contributed by atoms with E-state index in [1.165, 1.54) is 4.31 Å². The molecule has 0 saturated carbocycles. The summed E-state index contributed by atoms with van der Waals surface area (Å²) < 4.78 is 38.8. The van der Waals surface area contributed by atoms with E-state index in [9.17, 15) is 13.2 Å². The molecule has 2 aliphatic heterocycles. The van der Waals surface area contributed by atoms with E-state index in [0.29, 0.717) is 47.9 Å². The van der Waals surface area contributed by atoms with Crippen molar-refractivity contribution in [2.75, 3.05) is 20.2 Å². The summed E-state index contributed by atoms with van der Waals surface area (Å²) in [6.45, 7) is 2.57. The molecule has 148 valence electrons. The largest absolute Gasteiger partial charge is 0.497 e. The molecule has 0 amide bonds. The Morgan fingerprint density at radius 3 is 2.39 bits per heavy atom. The fraction of sp³-hybridized carbons (Fsp3) is 0.381. The highest BCUT2D eigenvalue weighted by Crippen LogP contribution is 2.41. The summed E-state index contributed by atoms with van der Waals surface area (Å²) in [5.41, 5.74) is 0.913. The zero-order valence-corrected chi connectivity index (χ0v) is 16.8. The highest BCUT2D eigenvalue weighted by atomic mass is 32.2. The van der Waals surface area contributed by atoms with Gasteiger partial charge < -0.3 is 9.47 Å². The van der Waals surface area contributed by atoms with E-state index >= 15 is 0 Å². The third kappa shape index (κ3) is 3.29. The molecule has 0 unspecified atom stereocenters. The number of ether oxygens (including phenoxy) is 2. The Morgan fingerprint density at radius 1 is 1.07 bits per heavy atom. The molecular formula is C21H23NO5S. The van der Waals surface area contributed by atoms with Gasteiger partial charge in [-0.05, 0) is 31.2 Å². The Balaban J connectivity index is 1.53. The molecule has 4 rings (SSSR count). The maximum Gasteiger partial charge on any atom is 0.243 e. The monoisotopic (exact) mass is 401 g/mol. The standard InChI is InChI=1S/C21H23NO5S/c1-15-3-6-17(7-4-15)28(24,25)22-11-9-21(10-12-22)14-19(23)18-8-5-16(26-2)13-20(18)27-21/h3-8,13H,9-12,14H2,1-2H3. The summed E-state index contributed by atoms with van der Waals surface area (Å²) in [4.78, 5) is 12.9. The summed E-state index contributed by atoms with van der Waals surface area (Å²) in [7, 11) is -1.98. The molecule has 1 fully saturated rings. The van der Waals surface area contributed by atoms with Gasteiger partial charge in [-0.1, -0.05) is 17.7 Å². The molecule has 2 heterocycles. The van der Waals surface area contributed by atoms with Gasteiger partial charge in [0.25, 0.3) is 0 Å². The molecule has 1 saturated heterocycles. The van der Waals surface area contributed by atoms with Gasteiger partial charge in [-0.2, -0.15) is 4.31 Å². The van der Waals surface area contributed by atoms with E-state index < -0.39 is 15.6 Å². The number of hydrogen-bond donors (Lipinski definition) is 0. The van der Waals surface area contributed by atoms with Gasteiger partial charge in [0.1, 0.15) is 17.1 Å². The lowest BCUT2D eigenvalue weighted by Crippen LogP contribution is -2.52. The second-order valence-electron chi connectivity index (χ2n) is 7.46. The zero-order chi connectivity index (χ0) is 19.9. The number of Topliss-reactive ketones (excluding diaryl/α,β-unsaturated/α-hetero) is 1. The minimum absolute atomic E-state index is 0.0266. The first kappa shape index (κ1) is 19.0. The van der Waals surface area contributed by atoms with Crippen LogP contribution in [0.1, 0.15) is 35.2 Å². The van der Waals surface area contributed by atoms with Crippen LogP contribution in [0.25, 0.3) is 0 Å². The minimum Gasteiger partial charge on any atom is -0.497 e. The van der Waals surface area contributed by atoms with Gasteiger partial charge in [0, 0.05) is 32.0 Å². The maximum atomic E-state index is 12.9. The molecule has 6 nitrogen and oxygen atoms in total. The molecule has 7 heteroatoms. The predicted octanol–water partition coefficient (Wildman–Crippen LogP) is 3.19. The molecular weight excluding hydrogens is 378 g/mol. The van der Waals surface area contributed by atoms with Crippen molar-refractivity contribution in [2.45, 2.75) is 36.7 Å². The topological polar surface area (TPSA) is 72.9 Å². The number of sulfonamides is 1. The second kappa shape index (κ2) is 6.90. The fourth-order valence-electron chi connectivity index (χ4n) is 3.87. The molecule has 1 spiro atoms. The normalized spacial score (nSPS) is 19.1. The number of hydrogen-bond acceptors (Lipinski definition) is 5. The van der Waals surface area contributed by atoms with Crippen molar-refractivity contribution in [3.8, 4) is 11.5 Å². The lowest BCUT2D eigenvalue weighted by atomic mass is 9.83. The van der Waals surface area contributed by atoms with E-state index in [2.05, 4.69) is 0 Å². The number of nitrogens with zero attached hydrogens (tertiary/aromatic N) is 1. The van der Waals surface area contributed by atoms with Crippen LogP contribution in [0.15, 0.2) is 47.4 Å². The molecule has 0 aromatic heterocycles. The number of carbonyl (C=O) groups excluding carboxylic acids is 1. The van der Waals surface area contributed by atoms with Crippen LogP contribution in [-0.2, 0) is 10.0 Å². The Bertz CT molecular complexity index is 1010. The lowest BCUT2D eigenvalue weighted by molar-refractivity contribution is 0.00578. The van der Waals surface area contributed by atoms with Crippen molar-refractivity contribution >= 4 is 15.8 Å². The first-order valence-electron chi connectivity index (χ1n) is 9.30. The van der Waals surface area contributed by atoms with E-state index in [4.69, 9.17) is 9.47 Å². The van der Waals surface area contributed by atoms with Gasteiger partial charge in [0.2, 0.25) is 10.0 Å². The van der Waals surface area contributed by atoms with E-state index in [-0.39, 0.29) is 12.2 Å². The fourth-order valence-corrected chi connectivity index (χ4v) is 5.32. The highest BCUT2D eigenvalue weighted by Gasteiger charge is 2.45. The lowest BCUT2D eigenvalue weighted by Gasteiger charge is -2.43. The summed E-state index contributed by atoms with van der Waals surface area (Å²) in [6, 6.07) is 12.1. The number of aryl methyl sites for hydroxylation is 1.